The summed E-state index contributed by atoms with van der Waals surface area (Å²) in [7, 11) is 0. The molecule has 0 spiro atoms. The Hall–Kier alpha value is -2.95. The van der Waals surface area contributed by atoms with Gasteiger partial charge < -0.3 is 9.80 Å². The van der Waals surface area contributed by atoms with Gasteiger partial charge >= 0.3 is 6.18 Å². The molecule has 2 amide bonds. The Labute approximate surface area is 188 Å². The molecule has 0 radical (unpaired) electrons. The number of rotatable bonds is 4. The van der Waals surface area contributed by atoms with E-state index in [2.05, 4.69) is 5.10 Å². The summed E-state index contributed by atoms with van der Waals surface area (Å²) in [4.78, 5) is 30.5. The van der Waals surface area contributed by atoms with E-state index < -0.39 is 29.2 Å². The number of carbonyl (C=O) groups is 2. The van der Waals surface area contributed by atoms with E-state index in [1.54, 1.807) is 0 Å². The number of hydrogen-bond donors (Lipinski definition) is 0. The van der Waals surface area contributed by atoms with Gasteiger partial charge in [-0.3, -0.25) is 14.5 Å². The highest BCUT2D eigenvalue weighted by Crippen LogP contribution is 2.34. The Bertz CT molecular complexity index is 1010. The second kappa shape index (κ2) is 9.50. The fourth-order valence-electron chi connectivity index (χ4n) is 4.30. The summed E-state index contributed by atoms with van der Waals surface area (Å²) in [6.45, 7) is 2.89. The molecule has 1 aromatic carbocycles. The lowest BCUT2D eigenvalue weighted by atomic mass is 10.1. The largest absolute Gasteiger partial charge is 0.434 e. The Kier molecular flexibility index (Phi) is 6.68. The number of likely N-dealkylation sites (tertiary alicyclic amines) is 1. The van der Waals surface area contributed by atoms with Gasteiger partial charge in [-0.2, -0.15) is 18.3 Å². The first-order valence-electron chi connectivity index (χ1n) is 10.9. The Morgan fingerprint density at radius 1 is 0.909 bits per heavy atom. The number of benzene rings is 1. The average molecular weight is 467 g/mol. The summed E-state index contributed by atoms with van der Waals surface area (Å²) in [6, 6.07) is 4.95. The number of amides is 2. The second-order valence-corrected chi connectivity index (χ2v) is 8.28. The average Bonchev–Trinajstić information content (AvgIpc) is 3.26. The van der Waals surface area contributed by atoms with Crippen LogP contribution in [0.5, 0.6) is 0 Å². The molecule has 3 heterocycles. The van der Waals surface area contributed by atoms with Gasteiger partial charge in [0.2, 0.25) is 5.91 Å². The van der Waals surface area contributed by atoms with Gasteiger partial charge in [-0.15, -0.1) is 0 Å². The van der Waals surface area contributed by atoms with E-state index in [9.17, 15) is 27.2 Å². The molecule has 2 aliphatic rings. The van der Waals surface area contributed by atoms with Gasteiger partial charge in [0.1, 0.15) is 11.5 Å². The summed E-state index contributed by atoms with van der Waals surface area (Å²) in [5.74, 6) is -1.65. The molecule has 0 bridgehead atoms. The van der Waals surface area contributed by atoms with E-state index in [0.717, 1.165) is 44.6 Å². The van der Waals surface area contributed by atoms with Crippen molar-refractivity contribution in [1.82, 2.24) is 24.5 Å². The maximum atomic E-state index is 14.1. The quantitative estimate of drug-likeness (QED) is 0.649. The van der Waals surface area contributed by atoms with Crippen molar-refractivity contribution in [2.75, 3.05) is 45.8 Å². The van der Waals surface area contributed by atoms with Crippen LogP contribution >= 0.6 is 0 Å². The summed E-state index contributed by atoms with van der Waals surface area (Å²) in [5, 5.41) is 3.68. The summed E-state index contributed by atoms with van der Waals surface area (Å²) >= 11 is 0. The maximum Gasteiger partial charge on any atom is 0.434 e. The number of aromatic nitrogens is 2. The molecule has 2 aromatic rings. The molecule has 11 heteroatoms. The molecule has 0 unspecified atom stereocenters. The van der Waals surface area contributed by atoms with Gasteiger partial charge in [0.15, 0.2) is 5.69 Å². The van der Waals surface area contributed by atoms with E-state index in [-0.39, 0.29) is 31.2 Å². The van der Waals surface area contributed by atoms with Crippen LogP contribution in [0.15, 0.2) is 30.5 Å². The highest BCUT2D eigenvalue weighted by molar-refractivity contribution is 5.95. The standard InChI is InChI=1S/C22H25F4N5O2/c23-17-6-2-3-7-18(17)31-20(22(24,25)26)16(14-27-31)21(33)30-12-10-28(11-13-30)15-19(32)29-8-4-1-5-9-29/h2-3,6-7,14H,1,4-5,8-13,15H2. The normalized spacial score (nSPS) is 17.9. The summed E-state index contributed by atoms with van der Waals surface area (Å²) in [5.41, 5.74) is -2.31. The fraction of sp³-hybridized carbons (Fsp3) is 0.500. The second-order valence-electron chi connectivity index (χ2n) is 8.28. The molecule has 33 heavy (non-hydrogen) atoms. The third-order valence-corrected chi connectivity index (χ3v) is 6.08. The molecule has 2 aliphatic heterocycles. The zero-order chi connectivity index (χ0) is 23.6. The summed E-state index contributed by atoms with van der Waals surface area (Å²) < 4.78 is 56.2. The fourth-order valence-corrected chi connectivity index (χ4v) is 4.30. The molecular formula is C22H25F4N5O2. The van der Waals surface area contributed by atoms with Gasteiger partial charge in [0, 0.05) is 39.3 Å². The van der Waals surface area contributed by atoms with Crippen molar-refractivity contribution in [3.05, 3.63) is 47.5 Å². The number of carbonyl (C=O) groups excluding carboxylic acids is 2. The highest BCUT2D eigenvalue weighted by atomic mass is 19.4. The van der Waals surface area contributed by atoms with Crippen molar-refractivity contribution in [2.24, 2.45) is 0 Å². The van der Waals surface area contributed by atoms with E-state index in [4.69, 9.17) is 0 Å². The predicted molar refractivity (Wildman–Crippen MR) is 111 cm³/mol. The number of halogens is 4. The number of alkyl halides is 3. The Morgan fingerprint density at radius 2 is 1.58 bits per heavy atom. The SMILES string of the molecule is O=C(CN1CCN(C(=O)c2cnn(-c3ccccc3F)c2C(F)(F)F)CC1)N1CCCCC1. The minimum absolute atomic E-state index is 0.0417. The topological polar surface area (TPSA) is 61.7 Å². The molecule has 2 fully saturated rings. The van der Waals surface area contributed by atoms with Crippen molar-refractivity contribution < 1.29 is 27.2 Å². The van der Waals surface area contributed by atoms with Crippen LogP contribution in [0.25, 0.3) is 5.69 Å². The number of piperidine rings is 1. The van der Waals surface area contributed by atoms with Crippen LogP contribution in [0.3, 0.4) is 0 Å². The smallest absolute Gasteiger partial charge is 0.342 e. The first-order valence-corrected chi connectivity index (χ1v) is 10.9. The molecule has 2 saturated heterocycles. The lowest BCUT2D eigenvalue weighted by Crippen LogP contribution is -2.52. The molecule has 7 nitrogen and oxygen atoms in total. The summed E-state index contributed by atoms with van der Waals surface area (Å²) in [6.07, 6.45) is -0.958. The molecule has 0 aliphatic carbocycles. The monoisotopic (exact) mass is 467 g/mol. The van der Waals surface area contributed by atoms with Crippen molar-refractivity contribution in [3.8, 4) is 5.69 Å². The van der Waals surface area contributed by atoms with Gasteiger partial charge in [0.05, 0.1) is 18.3 Å². The lowest BCUT2D eigenvalue weighted by molar-refractivity contribution is -0.143. The highest BCUT2D eigenvalue weighted by Gasteiger charge is 2.42. The molecule has 0 N–H and O–H groups in total. The molecule has 0 atom stereocenters. The van der Waals surface area contributed by atoms with Crippen LogP contribution in [0.4, 0.5) is 17.6 Å². The number of para-hydroxylation sites is 1. The van der Waals surface area contributed by atoms with Gasteiger partial charge in [-0.1, -0.05) is 12.1 Å². The third kappa shape index (κ3) is 5.02. The van der Waals surface area contributed by atoms with Crippen LogP contribution in [0.2, 0.25) is 0 Å². The first-order chi connectivity index (χ1) is 15.8. The van der Waals surface area contributed by atoms with Gasteiger partial charge in [-0.05, 0) is 31.4 Å². The molecule has 4 rings (SSSR count). The Balaban J connectivity index is 1.46. The van der Waals surface area contributed by atoms with E-state index in [1.807, 2.05) is 9.80 Å². The van der Waals surface area contributed by atoms with Crippen molar-refractivity contribution in [1.29, 1.82) is 0 Å². The van der Waals surface area contributed by atoms with Gasteiger partial charge in [-0.25, -0.2) is 9.07 Å². The third-order valence-electron chi connectivity index (χ3n) is 6.08. The maximum absolute atomic E-state index is 14.1. The number of piperazine rings is 1. The molecular weight excluding hydrogens is 442 g/mol. The van der Waals surface area contributed by atoms with Crippen LogP contribution in [0, 0.1) is 5.82 Å². The number of hydrogen-bond acceptors (Lipinski definition) is 4. The van der Waals surface area contributed by atoms with E-state index in [0.29, 0.717) is 17.8 Å². The minimum Gasteiger partial charge on any atom is -0.342 e. The predicted octanol–water partition coefficient (Wildman–Crippen LogP) is 2.80. The first kappa shape index (κ1) is 23.2. The van der Waals surface area contributed by atoms with Gasteiger partial charge in [0.25, 0.3) is 5.91 Å². The van der Waals surface area contributed by atoms with Crippen LogP contribution in [0.1, 0.15) is 35.3 Å². The van der Waals surface area contributed by atoms with Crippen LogP contribution in [-0.4, -0.2) is 82.1 Å². The lowest BCUT2D eigenvalue weighted by Gasteiger charge is -2.36. The molecule has 178 valence electrons. The van der Waals surface area contributed by atoms with Crippen molar-refractivity contribution in [3.63, 3.8) is 0 Å². The van der Waals surface area contributed by atoms with Crippen molar-refractivity contribution >= 4 is 11.8 Å². The van der Waals surface area contributed by atoms with E-state index >= 15 is 0 Å². The zero-order valence-corrected chi connectivity index (χ0v) is 18.0. The molecule has 1 aromatic heterocycles. The van der Waals surface area contributed by atoms with Crippen LogP contribution < -0.4 is 0 Å². The molecule has 0 saturated carbocycles. The van der Waals surface area contributed by atoms with Crippen molar-refractivity contribution in [2.45, 2.75) is 25.4 Å². The number of nitrogens with zero attached hydrogens (tertiary/aromatic N) is 5. The van der Waals surface area contributed by atoms with Crippen LogP contribution in [-0.2, 0) is 11.0 Å². The Morgan fingerprint density at radius 3 is 2.21 bits per heavy atom. The zero-order valence-electron chi connectivity index (χ0n) is 18.0. The van der Waals surface area contributed by atoms with E-state index in [1.165, 1.54) is 23.1 Å². The minimum atomic E-state index is -4.91.